The third-order valence-electron chi connectivity index (χ3n) is 5.75. The first-order chi connectivity index (χ1) is 14.9. The molecule has 0 N–H and O–H groups in total. The van der Waals surface area contributed by atoms with Gasteiger partial charge in [0, 0.05) is 31.7 Å². The zero-order chi connectivity index (χ0) is 22.4. The summed E-state index contributed by atoms with van der Waals surface area (Å²) in [5, 5.41) is 0.620. The second kappa shape index (κ2) is 10.2. The Kier molecular flexibility index (Phi) is 7.45. The van der Waals surface area contributed by atoms with Crippen LogP contribution in [0.25, 0.3) is 10.9 Å². The van der Waals surface area contributed by atoms with Crippen molar-refractivity contribution in [3.63, 3.8) is 0 Å². The Labute approximate surface area is 183 Å². The van der Waals surface area contributed by atoms with Gasteiger partial charge in [-0.05, 0) is 49.9 Å². The Morgan fingerprint density at radius 2 is 1.94 bits per heavy atom. The molecule has 0 bridgehead atoms. The summed E-state index contributed by atoms with van der Waals surface area (Å²) in [4.78, 5) is 31.6. The Balaban J connectivity index is 1.91. The lowest BCUT2D eigenvalue weighted by Crippen LogP contribution is -2.29. The minimum absolute atomic E-state index is 0.00454. The van der Waals surface area contributed by atoms with Gasteiger partial charge < -0.3 is 9.64 Å². The van der Waals surface area contributed by atoms with Crippen molar-refractivity contribution in [2.24, 2.45) is 0 Å². The summed E-state index contributed by atoms with van der Waals surface area (Å²) in [5.41, 5.74) is 2.85. The number of esters is 1. The van der Waals surface area contributed by atoms with Crippen LogP contribution in [0.1, 0.15) is 43.6 Å². The van der Waals surface area contributed by atoms with E-state index in [-0.39, 0.29) is 17.6 Å². The van der Waals surface area contributed by atoms with Gasteiger partial charge in [0.15, 0.2) is 0 Å². The Hall–Kier alpha value is -3.15. The van der Waals surface area contributed by atoms with Crippen molar-refractivity contribution in [3.8, 4) is 0 Å². The Morgan fingerprint density at radius 1 is 1.19 bits per heavy atom. The van der Waals surface area contributed by atoms with Crippen LogP contribution < -0.4 is 10.5 Å². The standard InChI is InChI=1S/C25H31N3O3/c1-5-20(16-19-10-7-6-8-11-19)28-18(2)26-23-14-13-21(17-22(23)25(28)30)27(3)15-9-12-24(29)31-4/h6-8,10-11,13-14,17,20H,5,9,12,15-16H2,1-4H3/t20-/m1/s1. The molecule has 0 aliphatic carbocycles. The number of hydrogen-bond donors (Lipinski definition) is 0. The lowest BCUT2D eigenvalue weighted by molar-refractivity contribution is -0.140. The van der Waals surface area contributed by atoms with Crippen LogP contribution in [0, 0.1) is 6.92 Å². The predicted molar refractivity (Wildman–Crippen MR) is 125 cm³/mol. The van der Waals surface area contributed by atoms with Gasteiger partial charge in [-0.2, -0.15) is 0 Å². The van der Waals surface area contributed by atoms with Crippen LogP contribution in [0.15, 0.2) is 53.3 Å². The van der Waals surface area contributed by atoms with Gasteiger partial charge in [0.05, 0.1) is 18.0 Å². The number of nitrogens with zero attached hydrogens (tertiary/aromatic N) is 3. The van der Waals surface area contributed by atoms with E-state index >= 15 is 0 Å². The second-order valence-electron chi connectivity index (χ2n) is 7.89. The molecule has 2 aromatic carbocycles. The quantitative estimate of drug-likeness (QED) is 0.482. The van der Waals surface area contributed by atoms with Crippen molar-refractivity contribution in [1.82, 2.24) is 9.55 Å². The fraction of sp³-hybridized carbons (Fsp3) is 0.400. The summed E-state index contributed by atoms with van der Waals surface area (Å²) in [6, 6.07) is 16.1. The molecule has 0 saturated carbocycles. The maximum Gasteiger partial charge on any atom is 0.305 e. The van der Waals surface area contributed by atoms with Gasteiger partial charge in [-0.1, -0.05) is 37.3 Å². The number of anilines is 1. The molecule has 6 nitrogen and oxygen atoms in total. The normalized spacial score (nSPS) is 12.0. The minimum Gasteiger partial charge on any atom is -0.469 e. The van der Waals surface area contributed by atoms with E-state index in [9.17, 15) is 9.59 Å². The number of rotatable bonds is 9. The number of aromatic nitrogens is 2. The average Bonchev–Trinajstić information content (AvgIpc) is 2.78. The van der Waals surface area contributed by atoms with Gasteiger partial charge in [0.25, 0.3) is 5.56 Å². The molecule has 0 aliphatic heterocycles. The molecular formula is C25H31N3O3. The molecule has 0 fully saturated rings. The summed E-state index contributed by atoms with van der Waals surface area (Å²) >= 11 is 0. The van der Waals surface area contributed by atoms with Crippen molar-refractivity contribution in [1.29, 1.82) is 0 Å². The summed E-state index contributed by atoms with van der Waals surface area (Å²) < 4.78 is 6.54. The lowest BCUT2D eigenvalue weighted by Gasteiger charge is -2.22. The number of ether oxygens (including phenoxy) is 1. The van der Waals surface area contributed by atoms with E-state index in [2.05, 4.69) is 19.1 Å². The van der Waals surface area contributed by atoms with Gasteiger partial charge in [0.1, 0.15) is 5.82 Å². The summed E-state index contributed by atoms with van der Waals surface area (Å²) in [6.07, 6.45) is 2.70. The van der Waals surface area contributed by atoms with E-state index in [1.165, 1.54) is 12.7 Å². The average molecular weight is 422 g/mol. The minimum atomic E-state index is -0.210. The lowest BCUT2D eigenvalue weighted by atomic mass is 10.0. The number of fused-ring (bicyclic) bond motifs is 1. The number of hydrogen-bond acceptors (Lipinski definition) is 5. The van der Waals surface area contributed by atoms with Crippen LogP contribution in [0.4, 0.5) is 5.69 Å². The largest absolute Gasteiger partial charge is 0.469 e. The van der Waals surface area contributed by atoms with E-state index < -0.39 is 0 Å². The van der Waals surface area contributed by atoms with E-state index in [1.54, 1.807) is 0 Å². The molecule has 0 saturated heterocycles. The number of benzene rings is 2. The van der Waals surface area contributed by atoms with E-state index in [4.69, 9.17) is 9.72 Å². The van der Waals surface area contributed by atoms with Gasteiger partial charge in [-0.25, -0.2) is 4.98 Å². The molecule has 0 radical (unpaired) electrons. The highest BCUT2D eigenvalue weighted by molar-refractivity contribution is 5.82. The first-order valence-corrected chi connectivity index (χ1v) is 10.8. The van der Waals surface area contributed by atoms with Crippen LogP contribution in [0.2, 0.25) is 0 Å². The Morgan fingerprint density at radius 3 is 2.61 bits per heavy atom. The number of methoxy groups -OCH3 is 1. The van der Waals surface area contributed by atoms with E-state index in [0.717, 1.165) is 24.4 Å². The highest BCUT2D eigenvalue weighted by atomic mass is 16.5. The van der Waals surface area contributed by atoms with Crippen LogP contribution in [-0.4, -0.2) is 36.2 Å². The van der Waals surface area contributed by atoms with Crippen molar-refractivity contribution >= 4 is 22.6 Å². The fourth-order valence-corrected chi connectivity index (χ4v) is 3.96. The molecule has 0 spiro atoms. The van der Waals surface area contributed by atoms with Crippen molar-refractivity contribution in [2.45, 2.75) is 45.6 Å². The third-order valence-corrected chi connectivity index (χ3v) is 5.75. The fourth-order valence-electron chi connectivity index (χ4n) is 3.96. The monoisotopic (exact) mass is 421 g/mol. The molecule has 1 aromatic heterocycles. The topological polar surface area (TPSA) is 64.4 Å². The number of carbonyl (C=O) groups is 1. The maximum absolute atomic E-state index is 13.5. The summed E-state index contributed by atoms with van der Waals surface area (Å²) in [7, 11) is 3.36. The third kappa shape index (κ3) is 5.32. The van der Waals surface area contributed by atoms with Crippen LogP contribution >= 0.6 is 0 Å². The molecule has 0 unspecified atom stereocenters. The van der Waals surface area contributed by atoms with Crippen molar-refractivity contribution in [3.05, 3.63) is 70.3 Å². The number of aryl methyl sites for hydroxylation is 1. The SMILES string of the molecule is CC[C@H](Cc1ccccc1)n1c(C)nc2ccc(N(C)CCCC(=O)OC)cc2c1=O. The second-order valence-corrected chi connectivity index (χ2v) is 7.89. The summed E-state index contributed by atoms with van der Waals surface area (Å²) in [6.45, 7) is 4.70. The van der Waals surface area contributed by atoms with Crippen molar-refractivity contribution in [2.75, 3.05) is 25.6 Å². The van der Waals surface area contributed by atoms with Gasteiger partial charge >= 0.3 is 5.97 Å². The van der Waals surface area contributed by atoms with Crippen LogP contribution in [0.3, 0.4) is 0 Å². The molecule has 1 heterocycles. The zero-order valence-corrected chi connectivity index (χ0v) is 18.8. The van der Waals surface area contributed by atoms with Gasteiger partial charge in [-0.3, -0.25) is 14.2 Å². The molecule has 1 atom stereocenters. The zero-order valence-electron chi connectivity index (χ0n) is 18.8. The van der Waals surface area contributed by atoms with Crippen LogP contribution in [-0.2, 0) is 16.0 Å². The predicted octanol–water partition coefficient (Wildman–Crippen LogP) is 4.29. The first kappa shape index (κ1) is 22.5. The molecule has 3 rings (SSSR count). The molecule has 0 aliphatic rings. The first-order valence-electron chi connectivity index (χ1n) is 10.8. The molecule has 3 aromatic rings. The highest BCUT2D eigenvalue weighted by Crippen LogP contribution is 2.22. The molecule has 6 heteroatoms. The van der Waals surface area contributed by atoms with Crippen LogP contribution in [0.5, 0.6) is 0 Å². The Bertz CT molecular complexity index is 1090. The molecule has 0 amide bonds. The smallest absolute Gasteiger partial charge is 0.305 e. The van der Waals surface area contributed by atoms with E-state index in [0.29, 0.717) is 30.3 Å². The van der Waals surface area contributed by atoms with Crippen molar-refractivity contribution < 1.29 is 9.53 Å². The number of carbonyl (C=O) groups excluding carboxylic acids is 1. The highest BCUT2D eigenvalue weighted by Gasteiger charge is 2.17. The maximum atomic E-state index is 13.5. The summed E-state index contributed by atoms with van der Waals surface area (Å²) in [5.74, 6) is 0.526. The molecule has 164 valence electrons. The van der Waals surface area contributed by atoms with Gasteiger partial charge in [-0.15, -0.1) is 0 Å². The van der Waals surface area contributed by atoms with E-state index in [1.807, 2.05) is 59.8 Å². The molecular weight excluding hydrogens is 390 g/mol. The molecule has 31 heavy (non-hydrogen) atoms. The van der Waals surface area contributed by atoms with Gasteiger partial charge in [0.2, 0.25) is 0 Å².